The molecule has 1 nitrogen and oxygen atoms in total. The third kappa shape index (κ3) is 3.76. The smallest absolute Gasteiger partial charge is 0.0640 e. The molecule has 2 aromatic rings. The largest absolute Gasteiger partial charge is 0.313 e. The van der Waals surface area contributed by atoms with Crippen molar-refractivity contribution in [3.63, 3.8) is 0 Å². The van der Waals surface area contributed by atoms with Crippen LogP contribution in [0.5, 0.6) is 0 Å². The van der Waals surface area contributed by atoms with Gasteiger partial charge in [0.2, 0.25) is 0 Å². The number of aryl methyl sites for hydroxylation is 2. The van der Waals surface area contributed by atoms with Gasteiger partial charge in [-0.05, 0) is 44.0 Å². The SMILES string of the molecule is CNC(CCc1ccc(C)cc1)c1cccc(Cl)c1Cl. The van der Waals surface area contributed by atoms with Crippen molar-refractivity contribution in [1.82, 2.24) is 5.32 Å². The Kier molecular flexibility index (Phi) is 5.47. The molecule has 0 aliphatic heterocycles. The van der Waals surface area contributed by atoms with E-state index < -0.39 is 0 Å². The van der Waals surface area contributed by atoms with E-state index in [4.69, 9.17) is 23.2 Å². The van der Waals surface area contributed by atoms with Gasteiger partial charge in [0, 0.05) is 6.04 Å². The van der Waals surface area contributed by atoms with E-state index in [1.807, 2.05) is 25.2 Å². The topological polar surface area (TPSA) is 12.0 Å². The monoisotopic (exact) mass is 307 g/mol. The molecular formula is C17H19Cl2N. The molecule has 0 saturated carbocycles. The molecule has 0 spiro atoms. The Morgan fingerprint density at radius 2 is 1.75 bits per heavy atom. The first kappa shape index (κ1) is 15.4. The maximum atomic E-state index is 6.30. The minimum absolute atomic E-state index is 0.211. The fourth-order valence-electron chi connectivity index (χ4n) is 2.31. The number of hydrogen-bond donors (Lipinski definition) is 1. The summed E-state index contributed by atoms with van der Waals surface area (Å²) in [6.45, 7) is 2.10. The van der Waals surface area contributed by atoms with Gasteiger partial charge < -0.3 is 5.32 Å². The lowest BCUT2D eigenvalue weighted by Gasteiger charge is -2.18. The molecule has 2 aromatic carbocycles. The first-order valence-electron chi connectivity index (χ1n) is 6.78. The fourth-order valence-corrected chi connectivity index (χ4v) is 2.75. The van der Waals surface area contributed by atoms with E-state index in [0.717, 1.165) is 18.4 Å². The predicted molar refractivity (Wildman–Crippen MR) is 87.8 cm³/mol. The Morgan fingerprint density at radius 3 is 2.40 bits per heavy atom. The molecule has 0 amide bonds. The Morgan fingerprint density at radius 1 is 1.05 bits per heavy atom. The summed E-state index contributed by atoms with van der Waals surface area (Å²) < 4.78 is 0. The van der Waals surface area contributed by atoms with E-state index >= 15 is 0 Å². The average molecular weight is 308 g/mol. The van der Waals surface area contributed by atoms with Crippen LogP contribution in [0.2, 0.25) is 10.0 Å². The van der Waals surface area contributed by atoms with Crippen molar-refractivity contribution in [3.8, 4) is 0 Å². The van der Waals surface area contributed by atoms with Crippen LogP contribution in [-0.4, -0.2) is 7.05 Å². The Balaban J connectivity index is 2.09. The van der Waals surface area contributed by atoms with Gasteiger partial charge in [0.15, 0.2) is 0 Å². The molecule has 2 rings (SSSR count). The maximum absolute atomic E-state index is 6.30. The molecule has 0 fully saturated rings. The standard InChI is InChI=1S/C17H19Cl2N/c1-12-6-8-13(9-7-12)10-11-16(20-2)14-4-3-5-15(18)17(14)19/h3-9,16,20H,10-11H2,1-2H3. The van der Waals surface area contributed by atoms with Gasteiger partial charge in [0.25, 0.3) is 0 Å². The number of halogens is 2. The van der Waals surface area contributed by atoms with Crippen LogP contribution in [-0.2, 0) is 6.42 Å². The zero-order valence-corrected chi connectivity index (χ0v) is 13.3. The van der Waals surface area contributed by atoms with Crippen molar-refractivity contribution in [2.24, 2.45) is 0 Å². The van der Waals surface area contributed by atoms with E-state index in [-0.39, 0.29) is 6.04 Å². The molecule has 0 aliphatic rings. The molecule has 1 atom stereocenters. The van der Waals surface area contributed by atoms with Crippen LogP contribution in [0.1, 0.15) is 29.2 Å². The molecule has 0 saturated heterocycles. The summed E-state index contributed by atoms with van der Waals surface area (Å²) in [5.74, 6) is 0. The number of nitrogens with one attached hydrogen (secondary N) is 1. The minimum atomic E-state index is 0.211. The Labute approximate surface area is 130 Å². The summed E-state index contributed by atoms with van der Waals surface area (Å²) in [6, 6.07) is 14.7. The normalized spacial score (nSPS) is 12.4. The second-order valence-electron chi connectivity index (χ2n) is 5.01. The van der Waals surface area contributed by atoms with Gasteiger partial charge in [-0.15, -0.1) is 0 Å². The van der Waals surface area contributed by atoms with Crippen molar-refractivity contribution >= 4 is 23.2 Å². The first-order valence-corrected chi connectivity index (χ1v) is 7.54. The van der Waals surface area contributed by atoms with E-state index in [1.165, 1.54) is 11.1 Å². The van der Waals surface area contributed by atoms with Crippen LogP contribution in [0.15, 0.2) is 42.5 Å². The molecule has 1 unspecified atom stereocenters. The van der Waals surface area contributed by atoms with E-state index in [2.05, 4.69) is 36.5 Å². The fraction of sp³-hybridized carbons (Fsp3) is 0.294. The van der Waals surface area contributed by atoms with Crippen LogP contribution in [0.3, 0.4) is 0 Å². The van der Waals surface area contributed by atoms with E-state index in [9.17, 15) is 0 Å². The van der Waals surface area contributed by atoms with Gasteiger partial charge in [-0.3, -0.25) is 0 Å². The molecule has 0 radical (unpaired) electrons. The summed E-state index contributed by atoms with van der Waals surface area (Å²) >= 11 is 12.4. The summed E-state index contributed by atoms with van der Waals surface area (Å²) in [4.78, 5) is 0. The molecule has 0 aliphatic carbocycles. The highest BCUT2D eigenvalue weighted by Gasteiger charge is 2.14. The molecule has 0 heterocycles. The summed E-state index contributed by atoms with van der Waals surface area (Å²) in [7, 11) is 1.96. The highest BCUT2D eigenvalue weighted by atomic mass is 35.5. The zero-order chi connectivity index (χ0) is 14.5. The molecule has 0 bridgehead atoms. The minimum Gasteiger partial charge on any atom is -0.313 e. The Hall–Kier alpha value is -1.02. The van der Waals surface area contributed by atoms with Gasteiger partial charge in [-0.2, -0.15) is 0 Å². The quantitative estimate of drug-likeness (QED) is 0.801. The van der Waals surface area contributed by atoms with Crippen LogP contribution >= 0.6 is 23.2 Å². The lowest BCUT2D eigenvalue weighted by molar-refractivity contribution is 0.549. The highest BCUT2D eigenvalue weighted by molar-refractivity contribution is 6.42. The van der Waals surface area contributed by atoms with Crippen molar-refractivity contribution in [3.05, 3.63) is 69.2 Å². The third-order valence-electron chi connectivity index (χ3n) is 3.55. The van der Waals surface area contributed by atoms with Gasteiger partial charge in [0.05, 0.1) is 10.0 Å². The van der Waals surface area contributed by atoms with E-state index in [0.29, 0.717) is 10.0 Å². The van der Waals surface area contributed by atoms with Gasteiger partial charge >= 0.3 is 0 Å². The van der Waals surface area contributed by atoms with Crippen LogP contribution in [0.25, 0.3) is 0 Å². The Bertz CT molecular complexity index is 564. The molecule has 3 heteroatoms. The van der Waals surface area contributed by atoms with Crippen LogP contribution in [0.4, 0.5) is 0 Å². The van der Waals surface area contributed by atoms with Crippen molar-refractivity contribution in [2.75, 3.05) is 7.05 Å². The molecule has 106 valence electrons. The summed E-state index contributed by atoms with van der Waals surface area (Å²) in [5, 5.41) is 4.59. The van der Waals surface area contributed by atoms with Gasteiger partial charge in [-0.1, -0.05) is 65.2 Å². The van der Waals surface area contributed by atoms with Crippen LogP contribution < -0.4 is 5.32 Å². The molecule has 20 heavy (non-hydrogen) atoms. The highest BCUT2D eigenvalue weighted by Crippen LogP contribution is 2.31. The zero-order valence-electron chi connectivity index (χ0n) is 11.8. The van der Waals surface area contributed by atoms with Crippen LogP contribution in [0, 0.1) is 6.92 Å². The lowest BCUT2D eigenvalue weighted by atomic mass is 9.98. The predicted octanol–water partition coefficient (Wildman–Crippen LogP) is 5.20. The maximum Gasteiger partial charge on any atom is 0.0640 e. The second kappa shape index (κ2) is 7.12. The number of hydrogen-bond acceptors (Lipinski definition) is 1. The van der Waals surface area contributed by atoms with Gasteiger partial charge in [-0.25, -0.2) is 0 Å². The van der Waals surface area contributed by atoms with Crippen molar-refractivity contribution < 1.29 is 0 Å². The van der Waals surface area contributed by atoms with Crippen molar-refractivity contribution in [2.45, 2.75) is 25.8 Å². The number of benzene rings is 2. The summed E-state index contributed by atoms with van der Waals surface area (Å²) in [5.41, 5.74) is 3.69. The molecular weight excluding hydrogens is 289 g/mol. The number of rotatable bonds is 5. The first-order chi connectivity index (χ1) is 9.61. The van der Waals surface area contributed by atoms with Crippen molar-refractivity contribution in [1.29, 1.82) is 0 Å². The molecule has 0 aromatic heterocycles. The third-order valence-corrected chi connectivity index (χ3v) is 4.38. The average Bonchev–Trinajstić information content (AvgIpc) is 2.45. The molecule has 1 N–H and O–H groups in total. The van der Waals surface area contributed by atoms with Gasteiger partial charge in [0.1, 0.15) is 0 Å². The summed E-state index contributed by atoms with van der Waals surface area (Å²) in [6.07, 6.45) is 1.99. The van der Waals surface area contributed by atoms with E-state index in [1.54, 1.807) is 0 Å². The lowest BCUT2D eigenvalue weighted by Crippen LogP contribution is -2.17. The second-order valence-corrected chi connectivity index (χ2v) is 5.79.